The Morgan fingerprint density at radius 2 is 2.40 bits per heavy atom. The molecule has 7 heteroatoms. The minimum absolute atomic E-state index is 0.0460. The molecule has 0 saturated carbocycles. The number of carbonyl (C=O) groups excluding carboxylic acids is 1. The van der Waals surface area contributed by atoms with Gasteiger partial charge in [0.05, 0.1) is 11.2 Å². The molecule has 1 saturated heterocycles. The molecule has 1 aliphatic heterocycles. The summed E-state index contributed by atoms with van der Waals surface area (Å²) in [5, 5.41) is 1.76. The van der Waals surface area contributed by atoms with Gasteiger partial charge in [0.2, 0.25) is 0 Å². The highest BCUT2D eigenvalue weighted by atomic mass is 32.1. The van der Waals surface area contributed by atoms with Gasteiger partial charge in [-0.15, -0.1) is 11.3 Å². The Bertz CT molecular complexity index is 680. The predicted octanol–water partition coefficient (Wildman–Crippen LogP) is 1.16. The van der Waals surface area contributed by atoms with Gasteiger partial charge in [0.25, 0.3) is 11.5 Å². The predicted molar refractivity (Wildman–Crippen MR) is 75.0 cm³/mol. The van der Waals surface area contributed by atoms with E-state index in [0.717, 1.165) is 12.1 Å². The molecule has 0 radical (unpaired) electrons. The summed E-state index contributed by atoms with van der Waals surface area (Å²) in [6.45, 7) is 3.03. The number of carbonyl (C=O) groups is 1. The van der Waals surface area contributed by atoms with Crippen molar-refractivity contribution in [2.45, 2.75) is 19.3 Å². The highest BCUT2D eigenvalue weighted by Crippen LogP contribution is 2.26. The lowest BCUT2D eigenvalue weighted by molar-refractivity contribution is 0.0785. The van der Waals surface area contributed by atoms with E-state index in [1.54, 1.807) is 22.7 Å². The first kappa shape index (κ1) is 13.0. The number of hydrogen-bond acceptors (Lipinski definition) is 5. The van der Waals surface area contributed by atoms with Crippen LogP contribution in [0.1, 0.15) is 34.3 Å². The molecule has 0 bridgehead atoms. The summed E-state index contributed by atoms with van der Waals surface area (Å²) in [5.74, 6) is 0.686. The van der Waals surface area contributed by atoms with E-state index in [2.05, 4.69) is 15.0 Å². The van der Waals surface area contributed by atoms with Crippen molar-refractivity contribution in [3.63, 3.8) is 0 Å². The SMILES string of the molecule is Cc1nc([C@@H]2CCN(C(=O)c3cscn3)C2)cc(=O)[nH]1. The number of H-pyrrole nitrogens is 1. The molecular formula is C13H14N4O2S. The van der Waals surface area contributed by atoms with Gasteiger partial charge in [0.15, 0.2) is 0 Å². The number of amides is 1. The number of aryl methyl sites for hydroxylation is 1. The van der Waals surface area contributed by atoms with Gasteiger partial charge >= 0.3 is 0 Å². The molecule has 0 unspecified atom stereocenters. The van der Waals surface area contributed by atoms with Crippen LogP contribution in [-0.2, 0) is 0 Å². The third-order valence-electron chi connectivity index (χ3n) is 3.43. The topological polar surface area (TPSA) is 79.0 Å². The van der Waals surface area contributed by atoms with Crippen LogP contribution in [0, 0.1) is 6.92 Å². The molecule has 2 aromatic heterocycles. The molecule has 0 aliphatic carbocycles. The largest absolute Gasteiger partial charge is 0.337 e. The molecule has 1 N–H and O–H groups in total. The molecule has 0 aromatic carbocycles. The molecular weight excluding hydrogens is 276 g/mol. The normalized spacial score (nSPS) is 18.4. The quantitative estimate of drug-likeness (QED) is 0.900. The van der Waals surface area contributed by atoms with Crippen molar-refractivity contribution in [1.82, 2.24) is 19.9 Å². The number of aromatic amines is 1. The number of likely N-dealkylation sites (tertiary alicyclic amines) is 1. The van der Waals surface area contributed by atoms with Gasteiger partial charge in [-0.2, -0.15) is 0 Å². The maximum atomic E-state index is 12.2. The molecule has 104 valence electrons. The van der Waals surface area contributed by atoms with E-state index in [1.165, 1.54) is 17.4 Å². The number of rotatable bonds is 2. The van der Waals surface area contributed by atoms with E-state index in [-0.39, 0.29) is 17.4 Å². The molecule has 1 aliphatic rings. The van der Waals surface area contributed by atoms with Crippen molar-refractivity contribution < 1.29 is 4.79 Å². The minimum atomic E-state index is -0.142. The maximum Gasteiger partial charge on any atom is 0.273 e. The van der Waals surface area contributed by atoms with Gasteiger partial charge in [-0.1, -0.05) is 0 Å². The fourth-order valence-electron chi connectivity index (χ4n) is 2.48. The van der Waals surface area contributed by atoms with Gasteiger partial charge in [0.1, 0.15) is 11.5 Å². The monoisotopic (exact) mass is 290 g/mol. The van der Waals surface area contributed by atoms with Gasteiger partial charge in [-0.05, 0) is 13.3 Å². The van der Waals surface area contributed by atoms with Crippen LogP contribution in [0.2, 0.25) is 0 Å². The second-order valence-corrected chi connectivity index (χ2v) is 5.58. The molecule has 20 heavy (non-hydrogen) atoms. The Morgan fingerprint density at radius 3 is 3.10 bits per heavy atom. The molecule has 1 atom stereocenters. The molecule has 1 fully saturated rings. The van der Waals surface area contributed by atoms with Gasteiger partial charge in [0, 0.05) is 30.5 Å². The Labute approximate surface area is 119 Å². The summed E-state index contributed by atoms with van der Waals surface area (Å²) < 4.78 is 0. The molecule has 3 rings (SSSR count). The number of hydrogen-bond donors (Lipinski definition) is 1. The highest BCUT2D eigenvalue weighted by Gasteiger charge is 2.29. The summed E-state index contributed by atoms with van der Waals surface area (Å²) in [6, 6.07) is 1.52. The first-order chi connectivity index (χ1) is 9.63. The first-order valence-corrected chi connectivity index (χ1v) is 7.33. The van der Waals surface area contributed by atoms with E-state index >= 15 is 0 Å². The van der Waals surface area contributed by atoms with Crippen LogP contribution >= 0.6 is 11.3 Å². The summed E-state index contributed by atoms with van der Waals surface area (Å²) in [4.78, 5) is 36.5. The lowest BCUT2D eigenvalue weighted by Crippen LogP contribution is -2.28. The van der Waals surface area contributed by atoms with Crippen LogP contribution in [0.15, 0.2) is 21.8 Å². The number of nitrogens with one attached hydrogen (secondary N) is 1. The van der Waals surface area contributed by atoms with Crippen molar-refractivity contribution in [2.24, 2.45) is 0 Å². The third-order valence-corrected chi connectivity index (χ3v) is 4.01. The van der Waals surface area contributed by atoms with Crippen molar-refractivity contribution in [3.8, 4) is 0 Å². The van der Waals surface area contributed by atoms with Gasteiger partial charge < -0.3 is 9.88 Å². The van der Waals surface area contributed by atoms with Crippen LogP contribution in [0.25, 0.3) is 0 Å². The Hall–Kier alpha value is -2.02. The van der Waals surface area contributed by atoms with Crippen molar-refractivity contribution >= 4 is 17.2 Å². The van der Waals surface area contributed by atoms with E-state index in [1.807, 2.05) is 0 Å². The fourth-order valence-corrected chi connectivity index (χ4v) is 3.00. The molecule has 3 heterocycles. The average Bonchev–Trinajstić information content (AvgIpc) is 3.09. The van der Waals surface area contributed by atoms with Crippen LogP contribution in [0.4, 0.5) is 0 Å². The van der Waals surface area contributed by atoms with Gasteiger partial charge in [-0.25, -0.2) is 9.97 Å². The van der Waals surface area contributed by atoms with Crippen molar-refractivity contribution in [2.75, 3.05) is 13.1 Å². The minimum Gasteiger partial charge on any atom is -0.337 e. The van der Waals surface area contributed by atoms with E-state index < -0.39 is 0 Å². The van der Waals surface area contributed by atoms with Crippen LogP contribution < -0.4 is 5.56 Å². The number of aromatic nitrogens is 3. The smallest absolute Gasteiger partial charge is 0.273 e. The lowest BCUT2D eigenvalue weighted by Gasteiger charge is -2.15. The second-order valence-electron chi connectivity index (χ2n) is 4.87. The summed E-state index contributed by atoms with van der Waals surface area (Å²) >= 11 is 1.41. The Morgan fingerprint density at radius 1 is 1.55 bits per heavy atom. The Balaban J connectivity index is 1.76. The van der Waals surface area contributed by atoms with Crippen molar-refractivity contribution in [3.05, 3.63) is 44.5 Å². The fraction of sp³-hybridized carbons (Fsp3) is 0.385. The zero-order chi connectivity index (χ0) is 14.1. The standard InChI is InChI=1S/C13H14N4O2S/c1-8-15-10(4-12(18)16-8)9-2-3-17(5-9)13(19)11-6-20-7-14-11/h4,6-7,9H,2-3,5H2,1H3,(H,15,16,18)/t9-/m1/s1. The number of nitrogens with zero attached hydrogens (tertiary/aromatic N) is 3. The first-order valence-electron chi connectivity index (χ1n) is 6.39. The van der Waals surface area contributed by atoms with E-state index in [0.29, 0.717) is 24.6 Å². The zero-order valence-electron chi connectivity index (χ0n) is 11.0. The van der Waals surface area contributed by atoms with Crippen LogP contribution in [0.3, 0.4) is 0 Å². The van der Waals surface area contributed by atoms with E-state index in [9.17, 15) is 9.59 Å². The average molecular weight is 290 g/mol. The molecule has 2 aromatic rings. The van der Waals surface area contributed by atoms with Gasteiger partial charge in [-0.3, -0.25) is 9.59 Å². The molecule has 0 spiro atoms. The molecule has 6 nitrogen and oxygen atoms in total. The Kier molecular flexibility index (Phi) is 3.35. The summed E-state index contributed by atoms with van der Waals surface area (Å²) in [7, 11) is 0. The molecule has 1 amide bonds. The highest BCUT2D eigenvalue weighted by molar-refractivity contribution is 7.07. The lowest BCUT2D eigenvalue weighted by atomic mass is 10.0. The third kappa shape index (κ3) is 2.49. The summed E-state index contributed by atoms with van der Waals surface area (Å²) in [6.07, 6.45) is 0.825. The zero-order valence-corrected chi connectivity index (χ0v) is 11.8. The van der Waals surface area contributed by atoms with E-state index in [4.69, 9.17) is 0 Å². The van der Waals surface area contributed by atoms with Crippen LogP contribution in [-0.4, -0.2) is 38.8 Å². The number of thiazole rings is 1. The second kappa shape index (κ2) is 5.16. The summed E-state index contributed by atoms with van der Waals surface area (Å²) in [5.41, 5.74) is 2.77. The maximum absolute atomic E-state index is 12.2. The van der Waals surface area contributed by atoms with Crippen molar-refractivity contribution in [1.29, 1.82) is 0 Å². The van der Waals surface area contributed by atoms with Crippen LogP contribution in [0.5, 0.6) is 0 Å².